The van der Waals surface area contributed by atoms with E-state index in [1.807, 2.05) is 24.3 Å². The van der Waals surface area contributed by atoms with Crippen molar-refractivity contribution in [1.29, 1.82) is 0 Å². The zero-order valence-electron chi connectivity index (χ0n) is 11.5. The molecule has 108 valence electrons. The van der Waals surface area contributed by atoms with Gasteiger partial charge in [-0.3, -0.25) is 0 Å². The van der Waals surface area contributed by atoms with Crippen molar-refractivity contribution in [2.45, 2.75) is 18.3 Å². The number of carbonyl (C=O) groups excluding carboxylic acids is 1. The van der Waals surface area contributed by atoms with E-state index in [9.17, 15) is 9.90 Å². The van der Waals surface area contributed by atoms with Crippen LogP contribution in [-0.2, 0) is 4.74 Å². The molecule has 0 aromatic heterocycles. The van der Waals surface area contributed by atoms with Crippen LogP contribution in [0.25, 0.3) is 0 Å². The maximum absolute atomic E-state index is 11.6. The first kappa shape index (κ1) is 14.0. The van der Waals surface area contributed by atoms with Gasteiger partial charge in [0.2, 0.25) is 0 Å². The van der Waals surface area contributed by atoms with Crippen LogP contribution in [0.1, 0.15) is 39.7 Å². The Morgan fingerprint density at radius 3 is 2.76 bits per heavy atom. The maximum Gasteiger partial charge on any atom is 0.337 e. The third-order valence-electron chi connectivity index (χ3n) is 3.91. The number of phenols is 1. The van der Waals surface area contributed by atoms with E-state index in [1.54, 1.807) is 18.2 Å². The smallest absolute Gasteiger partial charge is 0.337 e. The lowest BCUT2D eigenvalue weighted by Gasteiger charge is -2.06. The van der Waals surface area contributed by atoms with Crippen LogP contribution in [0.15, 0.2) is 42.5 Å². The second-order valence-electron chi connectivity index (χ2n) is 5.27. The molecule has 1 aliphatic carbocycles. The fraction of sp³-hybridized carbons (Fsp3) is 0.235. The summed E-state index contributed by atoms with van der Waals surface area (Å²) >= 11 is 6.19. The minimum absolute atomic E-state index is 0.175. The van der Waals surface area contributed by atoms with Gasteiger partial charge < -0.3 is 9.84 Å². The van der Waals surface area contributed by atoms with Gasteiger partial charge in [-0.2, -0.15) is 0 Å². The van der Waals surface area contributed by atoms with Crippen molar-refractivity contribution in [3.05, 3.63) is 64.2 Å². The van der Waals surface area contributed by atoms with Crippen LogP contribution in [0, 0.1) is 0 Å². The average molecular weight is 303 g/mol. The first-order chi connectivity index (χ1) is 10.1. The highest BCUT2D eigenvalue weighted by Crippen LogP contribution is 2.56. The summed E-state index contributed by atoms with van der Waals surface area (Å²) in [6.45, 7) is 0. The molecule has 2 aromatic rings. The molecule has 3 nitrogen and oxygen atoms in total. The molecule has 1 N–H and O–H groups in total. The predicted octanol–water partition coefficient (Wildman–Crippen LogP) is 4.10. The minimum atomic E-state index is -0.322. The summed E-state index contributed by atoms with van der Waals surface area (Å²) in [6.07, 6.45) is 0.995. The monoisotopic (exact) mass is 302 g/mol. The molecule has 0 bridgehead atoms. The van der Waals surface area contributed by atoms with E-state index in [2.05, 4.69) is 0 Å². The quantitative estimate of drug-likeness (QED) is 0.868. The van der Waals surface area contributed by atoms with Gasteiger partial charge in [0, 0.05) is 5.02 Å². The first-order valence-electron chi connectivity index (χ1n) is 6.77. The van der Waals surface area contributed by atoms with Gasteiger partial charge in [-0.1, -0.05) is 29.8 Å². The largest absolute Gasteiger partial charge is 0.508 e. The molecule has 1 saturated carbocycles. The van der Waals surface area contributed by atoms with Crippen molar-refractivity contribution in [2.24, 2.45) is 0 Å². The summed E-state index contributed by atoms with van der Waals surface area (Å²) in [5.41, 5.74) is 2.73. The summed E-state index contributed by atoms with van der Waals surface area (Å²) in [6, 6.07) is 12.6. The standard InChI is InChI=1S/C17H15ClO3/c1-21-17(20)11-4-2-3-10(7-11)14-9-15(14)13-6-5-12(19)8-16(13)18/h2-8,14-15,19H,9H2,1H3/t14-,15?/m0/s1. The van der Waals surface area contributed by atoms with E-state index in [1.165, 1.54) is 7.11 Å². The molecule has 2 atom stereocenters. The van der Waals surface area contributed by atoms with Crippen LogP contribution in [-0.4, -0.2) is 18.2 Å². The molecule has 0 radical (unpaired) electrons. The number of benzene rings is 2. The lowest BCUT2D eigenvalue weighted by Crippen LogP contribution is -2.01. The summed E-state index contributed by atoms with van der Waals surface area (Å²) in [5, 5.41) is 10.0. The van der Waals surface area contributed by atoms with E-state index in [-0.39, 0.29) is 11.7 Å². The Kier molecular flexibility index (Phi) is 3.60. The number of hydrogen-bond donors (Lipinski definition) is 1. The summed E-state index contributed by atoms with van der Waals surface area (Å²) in [7, 11) is 1.38. The normalized spacial score (nSPS) is 20.1. The topological polar surface area (TPSA) is 46.5 Å². The van der Waals surface area contributed by atoms with Gasteiger partial charge in [0.15, 0.2) is 0 Å². The highest BCUT2D eigenvalue weighted by Gasteiger charge is 2.40. The molecule has 1 aliphatic rings. The lowest BCUT2D eigenvalue weighted by atomic mass is 10.0. The number of esters is 1. The van der Waals surface area contributed by atoms with Crippen LogP contribution < -0.4 is 0 Å². The molecule has 1 fully saturated rings. The molecule has 21 heavy (non-hydrogen) atoms. The molecule has 0 spiro atoms. The van der Waals surface area contributed by atoms with Crippen LogP contribution in [0.3, 0.4) is 0 Å². The molecule has 3 rings (SSSR count). The highest BCUT2D eigenvalue weighted by molar-refractivity contribution is 6.31. The number of ether oxygens (including phenoxy) is 1. The van der Waals surface area contributed by atoms with E-state index in [0.717, 1.165) is 17.5 Å². The molecule has 0 heterocycles. The molecule has 2 aromatic carbocycles. The summed E-state index contributed by atoms with van der Waals surface area (Å²) < 4.78 is 4.75. The Morgan fingerprint density at radius 1 is 1.24 bits per heavy atom. The Bertz CT molecular complexity index is 696. The van der Waals surface area contributed by atoms with E-state index in [4.69, 9.17) is 16.3 Å². The van der Waals surface area contributed by atoms with Gasteiger partial charge in [0.05, 0.1) is 12.7 Å². The van der Waals surface area contributed by atoms with Gasteiger partial charge in [-0.15, -0.1) is 0 Å². The van der Waals surface area contributed by atoms with Gasteiger partial charge in [-0.05, 0) is 53.6 Å². The average Bonchev–Trinajstić information content (AvgIpc) is 3.27. The molecule has 0 amide bonds. The van der Waals surface area contributed by atoms with Crippen LogP contribution in [0.4, 0.5) is 0 Å². The number of rotatable bonds is 3. The van der Waals surface area contributed by atoms with Crippen LogP contribution in [0.2, 0.25) is 5.02 Å². The number of hydrogen-bond acceptors (Lipinski definition) is 3. The van der Waals surface area contributed by atoms with Crippen molar-refractivity contribution in [2.75, 3.05) is 7.11 Å². The maximum atomic E-state index is 11.6. The van der Waals surface area contributed by atoms with E-state index < -0.39 is 0 Å². The molecular formula is C17H15ClO3. The fourth-order valence-corrected chi connectivity index (χ4v) is 3.05. The number of carbonyl (C=O) groups is 1. The molecule has 4 heteroatoms. The number of aromatic hydroxyl groups is 1. The van der Waals surface area contributed by atoms with Crippen molar-refractivity contribution in [3.63, 3.8) is 0 Å². The van der Waals surface area contributed by atoms with Crippen LogP contribution in [0.5, 0.6) is 5.75 Å². The van der Waals surface area contributed by atoms with Gasteiger partial charge >= 0.3 is 5.97 Å². The zero-order chi connectivity index (χ0) is 15.0. The molecule has 0 saturated heterocycles. The van der Waals surface area contributed by atoms with Crippen molar-refractivity contribution in [3.8, 4) is 5.75 Å². The Hall–Kier alpha value is -2.00. The number of halogens is 1. The van der Waals surface area contributed by atoms with Gasteiger partial charge in [0.1, 0.15) is 5.75 Å². The zero-order valence-corrected chi connectivity index (χ0v) is 12.3. The van der Waals surface area contributed by atoms with Crippen LogP contribution >= 0.6 is 11.6 Å². The third kappa shape index (κ3) is 2.74. The highest BCUT2D eigenvalue weighted by atomic mass is 35.5. The Morgan fingerprint density at radius 2 is 2.05 bits per heavy atom. The van der Waals surface area contributed by atoms with Crippen molar-refractivity contribution in [1.82, 2.24) is 0 Å². The predicted molar refractivity (Wildman–Crippen MR) is 81.0 cm³/mol. The molecule has 0 aliphatic heterocycles. The van der Waals surface area contributed by atoms with Crippen molar-refractivity contribution < 1.29 is 14.6 Å². The molecular weight excluding hydrogens is 288 g/mol. The van der Waals surface area contributed by atoms with Crippen molar-refractivity contribution >= 4 is 17.6 Å². The van der Waals surface area contributed by atoms with E-state index in [0.29, 0.717) is 22.4 Å². The Labute approximate surface area is 128 Å². The fourth-order valence-electron chi connectivity index (χ4n) is 2.74. The van der Waals surface area contributed by atoms with E-state index >= 15 is 0 Å². The SMILES string of the molecule is COC(=O)c1cccc([C@@H]2CC2c2ccc(O)cc2Cl)c1. The van der Waals surface area contributed by atoms with Gasteiger partial charge in [0.25, 0.3) is 0 Å². The minimum Gasteiger partial charge on any atom is -0.508 e. The number of phenolic OH excluding ortho intramolecular Hbond substituents is 1. The summed E-state index contributed by atoms with van der Waals surface area (Å²) in [4.78, 5) is 11.6. The number of methoxy groups -OCH3 is 1. The van der Waals surface area contributed by atoms with Gasteiger partial charge in [-0.25, -0.2) is 4.79 Å². The second kappa shape index (κ2) is 5.41. The lowest BCUT2D eigenvalue weighted by molar-refractivity contribution is 0.0600. The Balaban J connectivity index is 1.83. The first-order valence-corrected chi connectivity index (χ1v) is 7.14. The summed E-state index contributed by atoms with van der Waals surface area (Å²) in [5.74, 6) is 0.549. The molecule has 1 unspecified atom stereocenters. The second-order valence-corrected chi connectivity index (χ2v) is 5.68. The third-order valence-corrected chi connectivity index (χ3v) is 4.24.